The highest BCUT2D eigenvalue weighted by molar-refractivity contribution is 5.85. The zero-order valence-corrected chi connectivity index (χ0v) is 6.82. The topological polar surface area (TPSA) is 17.1 Å². The Morgan fingerprint density at radius 2 is 2.00 bits per heavy atom. The van der Waals surface area contributed by atoms with Gasteiger partial charge in [0.2, 0.25) is 0 Å². The summed E-state index contributed by atoms with van der Waals surface area (Å²) in [5.74, 6) is -0.329. The van der Waals surface area contributed by atoms with E-state index in [2.05, 4.69) is 6.58 Å². The van der Waals surface area contributed by atoms with Crippen LogP contribution in [-0.4, -0.2) is 11.5 Å². The number of hydrogen-bond donors (Lipinski definition) is 0. The zero-order chi connectivity index (χ0) is 8.48. The summed E-state index contributed by atoms with van der Waals surface area (Å²) < 4.78 is 13.5. The van der Waals surface area contributed by atoms with Crippen LogP contribution in [0.15, 0.2) is 12.2 Å². The van der Waals surface area contributed by atoms with Gasteiger partial charge in [0, 0.05) is 0 Å². The van der Waals surface area contributed by atoms with Crippen LogP contribution in [0.2, 0.25) is 0 Å². The fourth-order valence-corrected chi connectivity index (χ4v) is 1.35. The summed E-state index contributed by atoms with van der Waals surface area (Å²) in [7, 11) is 0. The molecule has 1 saturated carbocycles. The first-order valence-electron chi connectivity index (χ1n) is 3.91. The van der Waals surface area contributed by atoms with Gasteiger partial charge in [-0.1, -0.05) is 12.2 Å². The standard InChI is InChI=1S/C9H13FO/c1-7-3-5-9(10,6-4-7)8(2)11/h1,3-6H2,2H3. The second kappa shape index (κ2) is 2.76. The van der Waals surface area contributed by atoms with Gasteiger partial charge in [0.1, 0.15) is 0 Å². The molecule has 0 aromatic rings. The van der Waals surface area contributed by atoms with Gasteiger partial charge < -0.3 is 0 Å². The molecule has 1 aliphatic carbocycles. The Balaban J connectivity index is 2.62. The van der Waals surface area contributed by atoms with Gasteiger partial charge in [-0.15, -0.1) is 0 Å². The highest BCUT2D eigenvalue weighted by Crippen LogP contribution is 2.34. The van der Waals surface area contributed by atoms with Gasteiger partial charge >= 0.3 is 0 Å². The number of Topliss-reactive ketones (excluding diaryl/α,β-unsaturated/α-hetero) is 1. The van der Waals surface area contributed by atoms with E-state index in [1.54, 1.807) is 0 Å². The van der Waals surface area contributed by atoms with Crippen LogP contribution < -0.4 is 0 Å². The van der Waals surface area contributed by atoms with Crippen molar-refractivity contribution in [2.45, 2.75) is 38.3 Å². The molecule has 0 saturated heterocycles. The largest absolute Gasteiger partial charge is 0.296 e. The van der Waals surface area contributed by atoms with Gasteiger partial charge in [-0.3, -0.25) is 4.79 Å². The minimum absolute atomic E-state index is 0.329. The number of carbonyl (C=O) groups excluding carboxylic acids is 1. The van der Waals surface area contributed by atoms with E-state index in [0.29, 0.717) is 25.7 Å². The molecule has 0 aromatic heterocycles. The molecular formula is C9H13FO. The molecule has 0 aliphatic heterocycles. The maximum atomic E-state index is 13.5. The van der Waals surface area contributed by atoms with Crippen molar-refractivity contribution in [1.82, 2.24) is 0 Å². The van der Waals surface area contributed by atoms with Crippen molar-refractivity contribution in [1.29, 1.82) is 0 Å². The van der Waals surface area contributed by atoms with Crippen molar-refractivity contribution >= 4 is 5.78 Å². The van der Waals surface area contributed by atoms with Gasteiger partial charge in [-0.2, -0.15) is 0 Å². The highest BCUT2D eigenvalue weighted by Gasteiger charge is 2.37. The summed E-state index contributed by atoms with van der Waals surface area (Å²) in [6, 6.07) is 0. The maximum absolute atomic E-state index is 13.5. The third kappa shape index (κ3) is 1.67. The molecule has 1 rings (SSSR count). The van der Waals surface area contributed by atoms with E-state index in [4.69, 9.17) is 0 Å². The molecule has 0 N–H and O–H groups in total. The van der Waals surface area contributed by atoms with Gasteiger partial charge in [-0.25, -0.2) is 4.39 Å². The first-order chi connectivity index (χ1) is 5.04. The number of halogens is 1. The Kier molecular flexibility index (Phi) is 2.12. The van der Waals surface area contributed by atoms with Crippen molar-refractivity contribution < 1.29 is 9.18 Å². The average molecular weight is 156 g/mol. The number of ketones is 1. The molecule has 62 valence electrons. The van der Waals surface area contributed by atoms with Gasteiger partial charge in [-0.05, 0) is 32.6 Å². The lowest BCUT2D eigenvalue weighted by molar-refractivity contribution is -0.129. The zero-order valence-electron chi connectivity index (χ0n) is 6.82. The predicted octanol–water partition coefficient (Wildman–Crippen LogP) is 2.41. The molecule has 2 heteroatoms. The molecule has 0 aromatic carbocycles. The third-order valence-corrected chi connectivity index (χ3v) is 2.38. The molecule has 1 aliphatic rings. The van der Waals surface area contributed by atoms with Crippen molar-refractivity contribution in [3.63, 3.8) is 0 Å². The Morgan fingerprint density at radius 1 is 1.55 bits per heavy atom. The molecule has 0 amide bonds. The van der Waals surface area contributed by atoms with Gasteiger partial charge in [0.15, 0.2) is 11.5 Å². The van der Waals surface area contributed by atoms with E-state index in [1.165, 1.54) is 6.92 Å². The molecular weight excluding hydrogens is 143 g/mol. The first kappa shape index (κ1) is 8.44. The van der Waals surface area contributed by atoms with Crippen molar-refractivity contribution in [2.24, 2.45) is 0 Å². The quantitative estimate of drug-likeness (QED) is 0.533. The summed E-state index contributed by atoms with van der Waals surface area (Å²) in [5, 5.41) is 0. The van der Waals surface area contributed by atoms with Crippen LogP contribution in [0, 0.1) is 0 Å². The molecule has 0 bridgehead atoms. The predicted molar refractivity (Wildman–Crippen MR) is 42.1 cm³/mol. The fraction of sp³-hybridized carbons (Fsp3) is 0.667. The molecule has 0 unspecified atom stereocenters. The van der Waals surface area contributed by atoms with Crippen LogP contribution in [0.1, 0.15) is 32.6 Å². The van der Waals surface area contributed by atoms with Crippen LogP contribution >= 0.6 is 0 Å². The van der Waals surface area contributed by atoms with Crippen LogP contribution in [-0.2, 0) is 4.79 Å². The number of allylic oxidation sites excluding steroid dienone is 1. The molecule has 0 atom stereocenters. The van der Waals surface area contributed by atoms with Crippen molar-refractivity contribution in [2.75, 3.05) is 0 Å². The van der Waals surface area contributed by atoms with Crippen LogP contribution in [0.4, 0.5) is 4.39 Å². The second-order valence-corrected chi connectivity index (χ2v) is 3.27. The molecule has 0 radical (unpaired) electrons. The van der Waals surface area contributed by atoms with Crippen molar-refractivity contribution in [3.05, 3.63) is 12.2 Å². The fourth-order valence-electron chi connectivity index (χ4n) is 1.35. The summed E-state index contributed by atoms with van der Waals surface area (Å²) in [4.78, 5) is 10.8. The van der Waals surface area contributed by atoms with Crippen LogP contribution in [0.5, 0.6) is 0 Å². The van der Waals surface area contributed by atoms with E-state index < -0.39 is 5.67 Å². The number of hydrogen-bond acceptors (Lipinski definition) is 1. The van der Waals surface area contributed by atoms with E-state index >= 15 is 0 Å². The number of alkyl halides is 1. The molecule has 1 fully saturated rings. The monoisotopic (exact) mass is 156 g/mol. The van der Waals surface area contributed by atoms with Gasteiger partial charge in [0.05, 0.1) is 0 Å². The highest BCUT2D eigenvalue weighted by atomic mass is 19.1. The minimum atomic E-state index is -1.54. The molecule has 11 heavy (non-hydrogen) atoms. The number of carbonyl (C=O) groups is 1. The normalized spacial score (nSPS) is 23.3. The van der Waals surface area contributed by atoms with E-state index in [9.17, 15) is 9.18 Å². The summed E-state index contributed by atoms with van der Waals surface area (Å²) in [6.45, 7) is 5.09. The Bertz CT molecular complexity index is 186. The number of rotatable bonds is 1. The minimum Gasteiger partial charge on any atom is -0.296 e. The Hall–Kier alpha value is -0.660. The third-order valence-electron chi connectivity index (χ3n) is 2.38. The lowest BCUT2D eigenvalue weighted by Crippen LogP contribution is -2.34. The van der Waals surface area contributed by atoms with Crippen LogP contribution in [0.3, 0.4) is 0 Å². The maximum Gasteiger partial charge on any atom is 0.169 e. The first-order valence-corrected chi connectivity index (χ1v) is 3.91. The Morgan fingerprint density at radius 3 is 2.36 bits per heavy atom. The SMILES string of the molecule is C=C1CCC(F)(C(C)=O)CC1. The lowest BCUT2D eigenvalue weighted by Gasteiger charge is -2.27. The van der Waals surface area contributed by atoms with E-state index in [-0.39, 0.29) is 5.78 Å². The summed E-state index contributed by atoms with van der Waals surface area (Å²) in [6.07, 6.45) is 1.99. The van der Waals surface area contributed by atoms with E-state index in [1.807, 2.05) is 0 Å². The van der Waals surface area contributed by atoms with Gasteiger partial charge in [0.25, 0.3) is 0 Å². The molecule has 0 heterocycles. The van der Waals surface area contributed by atoms with Crippen molar-refractivity contribution in [3.8, 4) is 0 Å². The molecule has 1 nitrogen and oxygen atoms in total. The average Bonchev–Trinajstić information content (AvgIpc) is 1.95. The van der Waals surface area contributed by atoms with Crippen LogP contribution in [0.25, 0.3) is 0 Å². The summed E-state index contributed by atoms with van der Waals surface area (Å²) >= 11 is 0. The lowest BCUT2D eigenvalue weighted by atomic mass is 9.82. The van der Waals surface area contributed by atoms with E-state index in [0.717, 1.165) is 5.57 Å². The summed E-state index contributed by atoms with van der Waals surface area (Å²) in [5.41, 5.74) is -0.471. The second-order valence-electron chi connectivity index (χ2n) is 3.27. The Labute approximate surface area is 66.3 Å². The smallest absolute Gasteiger partial charge is 0.169 e. The molecule has 0 spiro atoms.